The van der Waals surface area contributed by atoms with Crippen molar-refractivity contribution in [3.63, 3.8) is 0 Å². The van der Waals surface area contributed by atoms with E-state index in [4.69, 9.17) is 16.3 Å². The highest BCUT2D eigenvalue weighted by atomic mass is 35.5. The predicted octanol–water partition coefficient (Wildman–Crippen LogP) is 4.48. The number of esters is 1. The summed E-state index contributed by atoms with van der Waals surface area (Å²) in [4.78, 5) is 26.4. The van der Waals surface area contributed by atoms with E-state index in [0.717, 1.165) is 19.3 Å². The molecule has 0 radical (unpaired) electrons. The van der Waals surface area contributed by atoms with E-state index < -0.39 is 0 Å². The second-order valence-electron chi connectivity index (χ2n) is 6.54. The lowest BCUT2D eigenvalue weighted by atomic mass is 9.97. The third-order valence-corrected chi connectivity index (χ3v) is 4.82. The fraction of sp³-hybridized carbons (Fsp3) is 0.500. The molecule has 0 spiro atoms. The fourth-order valence-electron chi connectivity index (χ4n) is 3.07. The zero-order chi connectivity index (χ0) is 18.2. The summed E-state index contributed by atoms with van der Waals surface area (Å²) in [6, 6.07) is 6.86. The first kappa shape index (κ1) is 19.5. The number of ether oxygens (including phenoxy) is 1. The molecule has 4 nitrogen and oxygen atoms in total. The van der Waals surface area contributed by atoms with E-state index in [1.165, 1.54) is 25.5 Å². The van der Waals surface area contributed by atoms with E-state index in [9.17, 15) is 9.59 Å². The van der Waals surface area contributed by atoms with Gasteiger partial charge < -0.3 is 9.64 Å². The molecule has 0 aromatic heterocycles. The lowest BCUT2D eigenvalue weighted by Gasteiger charge is -2.26. The molecular weight excluding hydrogens is 338 g/mol. The van der Waals surface area contributed by atoms with Crippen molar-refractivity contribution in [2.75, 3.05) is 20.2 Å². The minimum Gasteiger partial charge on any atom is -0.469 e. The summed E-state index contributed by atoms with van der Waals surface area (Å²) < 4.78 is 4.80. The fourth-order valence-corrected chi connectivity index (χ4v) is 3.19. The van der Waals surface area contributed by atoms with Crippen molar-refractivity contribution < 1.29 is 14.3 Å². The Morgan fingerprint density at radius 3 is 2.56 bits per heavy atom. The molecule has 0 heterocycles. The monoisotopic (exact) mass is 363 g/mol. The smallest absolute Gasteiger partial charge is 0.310 e. The molecule has 25 heavy (non-hydrogen) atoms. The van der Waals surface area contributed by atoms with Gasteiger partial charge in [0.25, 0.3) is 5.91 Å². The van der Waals surface area contributed by atoms with E-state index >= 15 is 0 Å². The van der Waals surface area contributed by atoms with E-state index in [1.54, 1.807) is 36.1 Å². The molecule has 1 amide bonds. The first-order chi connectivity index (χ1) is 12.0. The van der Waals surface area contributed by atoms with Crippen LogP contribution in [-0.4, -0.2) is 37.0 Å². The van der Waals surface area contributed by atoms with Crippen molar-refractivity contribution in [2.45, 2.75) is 39.0 Å². The quantitative estimate of drug-likeness (QED) is 0.530. The second-order valence-corrected chi connectivity index (χ2v) is 6.98. The van der Waals surface area contributed by atoms with Gasteiger partial charge in [0, 0.05) is 23.7 Å². The standard InChI is InChI=1S/C20H26ClNO3/c1-15(20(24)25-2)14-22(13-12-16-6-4-3-5-7-16)19(23)17-8-10-18(21)11-9-17/h6,8-11,15H,3-5,7,12-14H2,1-2H3. The molecule has 1 atom stereocenters. The lowest BCUT2D eigenvalue weighted by molar-refractivity contribution is -0.145. The highest BCUT2D eigenvalue weighted by Gasteiger charge is 2.22. The number of rotatable bonds is 7. The summed E-state index contributed by atoms with van der Waals surface area (Å²) in [5, 5.41) is 0.596. The van der Waals surface area contributed by atoms with E-state index in [1.807, 2.05) is 0 Å². The molecule has 1 aromatic rings. The van der Waals surface area contributed by atoms with Crippen LogP contribution in [0.1, 0.15) is 49.4 Å². The van der Waals surface area contributed by atoms with Crippen molar-refractivity contribution in [2.24, 2.45) is 5.92 Å². The summed E-state index contributed by atoms with van der Waals surface area (Å²) in [6.07, 6.45) is 7.84. The number of allylic oxidation sites excluding steroid dienone is 1. The number of carbonyl (C=O) groups excluding carboxylic acids is 2. The van der Waals surface area contributed by atoms with Crippen LogP contribution in [0, 0.1) is 5.92 Å². The molecule has 2 rings (SSSR count). The molecule has 0 saturated heterocycles. The Kier molecular flexibility index (Phi) is 7.51. The van der Waals surface area contributed by atoms with Crippen LogP contribution in [0.3, 0.4) is 0 Å². The van der Waals surface area contributed by atoms with Crippen molar-refractivity contribution in [3.8, 4) is 0 Å². The van der Waals surface area contributed by atoms with Crippen LogP contribution < -0.4 is 0 Å². The number of amides is 1. The number of benzene rings is 1. The van der Waals surface area contributed by atoms with Crippen LogP contribution in [-0.2, 0) is 9.53 Å². The largest absolute Gasteiger partial charge is 0.469 e. The zero-order valence-electron chi connectivity index (χ0n) is 15.0. The topological polar surface area (TPSA) is 46.6 Å². The van der Waals surface area contributed by atoms with Gasteiger partial charge in [-0.15, -0.1) is 0 Å². The van der Waals surface area contributed by atoms with Crippen LogP contribution in [0.5, 0.6) is 0 Å². The SMILES string of the molecule is COC(=O)C(C)CN(CCC1=CCCCC1)C(=O)c1ccc(Cl)cc1. The predicted molar refractivity (Wildman–Crippen MR) is 99.7 cm³/mol. The van der Waals surface area contributed by atoms with Gasteiger partial charge in [0.2, 0.25) is 0 Å². The van der Waals surface area contributed by atoms with Crippen LogP contribution in [0.4, 0.5) is 0 Å². The number of hydrogen-bond donors (Lipinski definition) is 0. The van der Waals surface area contributed by atoms with Crippen LogP contribution in [0.2, 0.25) is 5.02 Å². The third-order valence-electron chi connectivity index (χ3n) is 4.56. The third kappa shape index (κ3) is 5.89. The number of carbonyl (C=O) groups is 2. The first-order valence-electron chi connectivity index (χ1n) is 8.82. The van der Waals surface area contributed by atoms with Gasteiger partial charge in [-0.2, -0.15) is 0 Å². The van der Waals surface area contributed by atoms with Crippen molar-refractivity contribution in [1.82, 2.24) is 4.90 Å². The van der Waals surface area contributed by atoms with Crippen molar-refractivity contribution in [1.29, 1.82) is 0 Å². The maximum atomic E-state index is 12.9. The van der Waals surface area contributed by atoms with Crippen molar-refractivity contribution in [3.05, 3.63) is 46.5 Å². The summed E-state index contributed by atoms with van der Waals surface area (Å²) in [5.41, 5.74) is 1.99. The number of methoxy groups -OCH3 is 1. The van der Waals surface area contributed by atoms with Gasteiger partial charge in [0.15, 0.2) is 0 Å². The van der Waals surface area contributed by atoms with Crippen LogP contribution in [0.25, 0.3) is 0 Å². The van der Waals surface area contributed by atoms with Gasteiger partial charge in [-0.3, -0.25) is 9.59 Å². The first-order valence-corrected chi connectivity index (χ1v) is 9.19. The second kappa shape index (κ2) is 9.62. The summed E-state index contributed by atoms with van der Waals surface area (Å²) in [7, 11) is 1.37. The Labute approximate surface area is 154 Å². The Morgan fingerprint density at radius 2 is 1.96 bits per heavy atom. The summed E-state index contributed by atoms with van der Waals surface area (Å²) in [5.74, 6) is -0.740. The zero-order valence-corrected chi connectivity index (χ0v) is 15.7. The molecule has 1 unspecified atom stereocenters. The molecule has 5 heteroatoms. The molecule has 1 aliphatic rings. The van der Waals surface area contributed by atoms with Gasteiger partial charge in [0.1, 0.15) is 0 Å². The normalized spacial score (nSPS) is 15.2. The number of nitrogens with zero attached hydrogens (tertiary/aromatic N) is 1. The van der Waals surface area contributed by atoms with Gasteiger partial charge in [-0.25, -0.2) is 0 Å². The lowest BCUT2D eigenvalue weighted by Crippen LogP contribution is -2.38. The minimum absolute atomic E-state index is 0.0798. The summed E-state index contributed by atoms with van der Waals surface area (Å²) >= 11 is 5.91. The Bertz CT molecular complexity index is 624. The number of halogens is 1. The van der Waals surface area contributed by atoms with Gasteiger partial charge in [-0.05, 0) is 56.4 Å². The molecule has 0 aliphatic heterocycles. The van der Waals surface area contributed by atoms with Crippen LogP contribution >= 0.6 is 11.6 Å². The minimum atomic E-state index is -0.360. The van der Waals surface area contributed by atoms with Crippen molar-refractivity contribution >= 4 is 23.5 Å². The molecule has 1 aromatic carbocycles. The molecular formula is C20H26ClNO3. The van der Waals surface area contributed by atoms with Gasteiger partial charge in [-0.1, -0.05) is 30.2 Å². The molecule has 0 saturated carbocycles. The van der Waals surface area contributed by atoms with Gasteiger partial charge in [0.05, 0.1) is 13.0 Å². The Hall–Kier alpha value is -1.81. The Morgan fingerprint density at radius 1 is 1.24 bits per heavy atom. The number of hydrogen-bond acceptors (Lipinski definition) is 3. The maximum absolute atomic E-state index is 12.9. The highest BCUT2D eigenvalue weighted by molar-refractivity contribution is 6.30. The molecule has 136 valence electrons. The average Bonchev–Trinajstić information content (AvgIpc) is 2.65. The van der Waals surface area contributed by atoms with E-state index in [-0.39, 0.29) is 17.8 Å². The summed E-state index contributed by atoms with van der Waals surface area (Å²) in [6.45, 7) is 2.74. The Balaban J connectivity index is 2.09. The van der Waals surface area contributed by atoms with Gasteiger partial charge >= 0.3 is 5.97 Å². The molecule has 0 N–H and O–H groups in total. The maximum Gasteiger partial charge on any atom is 0.310 e. The highest BCUT2D eigenvalue weighted by Crippen LogP contribution is 2.21. The average molecular weight is 364 g/mol. The molecule has 0 fully saturated rings. The van der Waals surface area contributed by atoms with E-state index in [2.05, 4.69) is 6.08 Å². The molecule has 0 bridgehead atoms. The molecule has 1 aliphatic carbocycles. The van der Waals surface area contributed by atoms with E-state index in [0.29, 0.717) is 23.7 Å². The van der Waals surface area contributed by atoms with Crippen LogP contribution in [0.15, 0.2) is 35.9 Å².